The average Bonchev–Trinajstić information content (AvgIpc) is 3.27. The highest BCUT2D eigenvalue weighted by Gasteiger charge is 2.53. The molecule has 3 aromatic heterocycles. The molecule has 2 fully saturated rings. The molecule has 2 saturated heterocycles. The van der Waals surface area contributed by atoms with Crippen LogP contribution in [-0.4, -0.2) is 56.5 Å². The fraction of sp³-hybridized carbons (Fsp3) is 0.474. The Morgan fingerprint density at radius 1 is 1.30 bits per heavy atom. The fourth-order valence-electron chi connectivity index (χ4n) is 4.06. The Kier molecular flexibility index (Phi) is 4.02. The molecule has 0 amide bonds. The van der Waals surface area contributed by atoms with Crippen molar-refractivity contribution in [2.75, 3.05) is 31.2 Å². The van der Waals surface area contributed by atoms with Gasteiger partial charge in [-0.2, -0.15) is 14.6 Å². The second-order valence-corrected chi connectivity index (χ2v) is 7.32. The van der Waals surface area contributed by atoms with Gasteiger partial charge in [0.1, 0.15) is 17.7 Å². The molecule has 5 rings (SSSR count). The zero-order valence-corrected chi connectivity index (χ0v) is 15.3. The predicted molar refractivity (Wildman–Crippen MR) is 98.4 cm³/mol. The van der Waals surface area contributed by atoms with E-state index in [0.29, 0.717) is 24.9 Å². The Morgan fingerprint density at radius 2 is 2.22 bits per heavy atom. The summed E-state index contributed by atoms with van der Waals surface area (Å²) in [4.78, 5) is 15.2. The highest BCUT2D eigenvalue weighted by atomic mass is 16.5. The fourth-order valence-corrected chi connectivity index (χ4v) is 4.06. The van der Waals surface area contributed by atoms with Crippen molar-refractivity contribution >= 4 is 11.6 Å². The van der Waals surface area contributed by atoms with Crippen molar-refractivity contribution in [2.45, 2.75) is 25.6 Å². The molecule has 1 unspecified atom stereocenters. The van der Waals surface area contributed by atoms with Crippen LogP contribution < -0.4 is 4.90 Å². The summed E-state index contributed by atoms with van der Waals surface area (Å²) in [6.07, 6.45) is 4.37. The van der Waals surface area contributed by atoms with Crippen molar-refractivity contribution in [3.05, 3.63) is 48.2 Å². The lowest BCUT2D eigenvalue weighted by atomic mass is 9.81. The number of ether oxygens (including phenoxy) is 2. The third-order valence-corrected chi connectivity index (χ3v) is 5.50. The largest absolute Gasteiger partial charge is 0.375 e. The van der Waals surface area contributed by atoms with Crippen LogP contribution in [0, 0.1) is 12.8 Å². The molecule has 0 aromatic carbocycles. The minimum absolute atomic E-state index is 0.131. The molecule has 2 aliphatic rings. The second kappa shape index (κ2) is 6.54. The summed E-state index contributed by atoms with van der Waals surface area (Å²) >= 11 is 0. The first-order chi connectivity index (χ1) is 13.2. The van der Waals surface area contributed by atoms with Gasteiger partial charge >= 0.3 is 0 Å². The number of aromatic nitrogens is 5. The molecule has 0 bridgehead atoms. The number of hydrogen-bond acceptors (Lipinski definition) is 7. The summed E-state index contributed by atoms with van der Waals surface area (Å²) in [6, 6.07) is 7.94. The van der Waals surface area contributed by atoms with Crippen molar-refractivity contribution in [3.8, 4) is 0 Å². The van der Waals surface area contributed by atoms with E-state index in [1.165, 1.54) is 0 Å². The minimum Gasteiger partial charge on any atom is -0.375 e. The van der Waals surface area contributed by atoms with E-state index < -0.39 is 0 Å². The summed E-state index contributed by atoms with van der Waals surface area (Å²) < 4.78 is 13.9. The van der Waals surface area contributed by atoms with Crippen molar-refractivity contribution in [1.82, 2.24) is 24.6 Å². The first-order valence-electron chi connectivity index (χ1n) is 9.27. The van der Waals surface area contributed by atoms with Gasteiger partial charge in [-0.1, -0.05) is 6.07 Å². The summed E-state index contributed by atoms with van der Waals surface area (Å²) in [5, 5.41) is 4.31. The molecular weight excluding hydrogens is 344 g/mol. The van der Waals surface area contributed by atoms with Gasteiger partial charge in [0.15, 0.2) is 0 Å². The molecule has 8 heteroatoms. The first-order valence-corrected chi connectivity index (χ1v) is 9.27. The zero-order valence-electron chi connectivity index (χ0n) is 15.3. The highest BCUT2D eigenvalue weighted by molar-refractivity contribution is 5.51. The van der Waals surface area contributed by atoms with Crippen molar-refractivity contribution in [1.29, 1.82) is 0 Å². The summed E-state index contributed by atoms with van der Waals surface area (Å²) in [7, 11) is 0. The molecule has 0 radical (unpaired) electrons. The molecule has 27 heavy (non-hydrogen) atoms. The number of fused-ring (bicyclic) bond motifs is 1. The van der Waals surface area contributed by atoms with E-state index in [9.17, 15) is 0 Å². The lowest BCUT2D eigenvalue weighted by Crippen LogP contribution is -2.66. The molecule has 8 nitrogen and oxygen atoms in total. The van der Waals surface area contributed by atoms with Crippen LogP contribution in [0.5, 0.6) is 0 Å². The van der Waals surface area contributed by atoms with E-state index in [1.54, 1.807) is 17.0 Å². The Balaban J connectivity index is 1.25. The standard InChI is InChI=1S/C19H22N6O2/c1-14-8-17(25-18(23-14)21-13-22-25)24-11-19(12-24)15(5-7-27-19)9-26-10-16-4-2-3-6-20-16/h2-4,6,8,13,15H,5,7,9-12H2,1H3. The lowest BCUT2D eigenvalue weighted by molar-refractivity contribution is -0.0658. The monoisotopic (exact) mass is 366 g/mol. The van der Waals surface area contributed by atoms with Gasteiger partial charge in [0.2, 0.25) is 0 Å². The van der Waals surface area contributed by atoms with Crippen LogP contribution in [-0.2, 0) is 16.1 Å². The van der Waals surface area contributed by atoms with Crippen molar-refractivity contribution in [3.63, 3.8) is 0 Å². The van der Waals surface area contributed by atoms with Crippen molar-refractivity contribution in [2.24, 2.45) is 5.92 Å². The van der Waals surface area contributed by atoms with Gasteiger partial charge in [-0.25, -0.2) is 4.98 Å². The summed E-state index contributed by atoms with van der Waals surface area (Å²) in [5.41, 5.74) is 1.77. The molecular formula is C19H22N6O2. The van der Waals surface area contributed by atoms with Crippen LogP contribution in [0.25, 0.3) is 5.78 Å². The van der Waals surface area contributed by atoms with Crippen molar-refractivity contribution < 1.29 is 9.47 Å². The van der Waals surface area contributed by atoms with E-state index in [0.717, 1.165) is 43.3 Å². The van der Waals surface area contributed by atoms with Crippen LogP contribution in [0.3, 0.4) is 0 Å². The average molecular weight is 366 g/mol. The lowest BCUT2D eigenvalue weighted by Gasteiger charge is -2.51. The van der Waals surface area contributed by atoms with Gasteiger partial charge in [0.05, 0.1) is 32.0 Å². The number of anilines is 1. The molecule has 0 N–H and O–H groups in total. The van der Waals surface area contributed by atoms with Crippen LogP contribution in [0.2, 0.25) is 0 Å². The maximum absolute atomic E-state index is 6.17. The molecule has 3 aromatic rings. The minimum atomic E-state index is -0.131. The molecule has 2 aliphatic heterocycles. The Labute approximate surface area is 157 Å². The summed E-state index contributed by atoms with van der Waals surface area (Å²) in [5.74, 6) is 2.05. The smallest absolute Gasteiger partial charge is 0.254 e. The molecule has 140 valence electrons. The molecule has 1 spiro atoms. The number of aryl methyl sites for hydroxylation is 1. The van der Waals surface area contributed by atoms with Crippen LogP contribution >= 0.6 is 0 Å². The zero-order chi connectivity index (χ0) is 18.3. The van der Waals surface area contributed by atoms with Gasteiger partial charge < -0.3 is 14.4 Å². The molecule has 0 saturated carbocycles. The quantitative estimate of drug-likeness (QED) is 0.679. The normalized spacial score (nSPS) is 21.1. The Morgan fingerprint density at radius 3 is 3.07 bits per heavy atom. The first kappa shape index (κ1) is 16.6. The number of pyridine rings is 1. The van der Waals surface area contributed by atoms with Gasteiger partial charge in [-0.15, -0.1) is 0 Å². The summed E-state index contributed by atoms with van der Waals surface area (Å²) in [6.45, 7) is 5.68. The van der Waals surface area contributed by atoms with Crippen LogP contribution in [0.1, 0.15) is 17.8 Å². The third-order valence-electron chi connectivity index (χ3n) is 5.50. The van der Waals surface area contributed by atoms with Crippen LogP contribution in [0.4, 0.5) is 5.82 Å². The molecule has 1 atom stereocenters. The van der Waals surface area contributed by atoms with E-state index in [2.05, 4.69) is 31.0 Å². The third kappa shape index (κ3) is 2.94. The van der Waals surface area contributed by atoms with Gasteiger partial charge in [-0.3, -0.25) is 4.98 Å². The Hall–Kier alpha value is -2.58. The Bertz CT molecular complexity index is 938. The highest BCUT2D eigenvalue weighted by Crippen LogP contribution is 2.42. The molecule has 0 aliphatic carbocycles. The predicted octanol–water partition coefficient (Wildman–Crippen LogP) is 1.64. The topological polar surface area (TPSA) is 77.7 Å². The van der Waals surface area contributed by atoms with Crippen LogP contribution in [0.15, 0.2) is 36.8 Å². The molecule has 5 heterocycles. The van der Waals surface area contributed by atoms with E-state index in [-0.39, 0.29) is 5.60 Å². The maximum atomic E-state index is 6.17. The van der Waals surface area contributed by atoms with E-state index in [1.807, 2.05) is 25.1 Å². The van der Waals surface area contributed by atoms with E-state index >= 15 is 0 Å². The maximum Gasteiger partial charge on any atom is 0.254 e. The van der Waals surface area contributed by atoms with Gasteiger partial charge in [0, 0.05) is 30.5 Å². The SMILES string of the molecule is Cc1cc(N2CC3(C2)OCCC3COCc2ccccn2)n2ncnc2n1. The number of hydrogen-bond donors (Lipinski definition) is 0. The van der Waals surface area contributed by atoms with Gasteiger partial charge in [-0.05, 0) is 25.5 Å². The second-order valence-electron chi connectivity index (χ2n) is 7.32. The van der Waals surface area contributed by atoms with E-state index in [4.69, 9.17) is 9.47 Å². The number of nitrogens with zero attached hydrogens (tertiary/aromatic N) is 6. The number of rotatable bonds is 5. The van der Waals surface area contributed by atoms with Gasteiger partial charge in [0.25, 0.3) is 5.78 Å².